The number of ether oxygens (including phenoxy) is 1. The van der Waals surface area contributed by atoms with Crippen LogP contribution in [0.4, 0.5) is 0 Å². The number of nitrogens with zero attached hydrogens (tertiary/aromatic N) is 4. The van der Waals surface area contributed by atoms with Gasteiger partial charge in [0.1, 0.15) is 17.1 Å². The first-order valence-electron chi connectivity index (χ1n) is 11.3. The first kappa shape index (κ1) is 23.5. The van der Waals surface area contributed by atoms with Crippen LogP contribution in [0.3, 0.4) is 0 Å². The third kappa shape index (κ3) is 4.05. The minimum atomic E-state index is -0.721. The first-order valence-corrected chi connectivity index (χ1v) is 11.3. The van der Waals surface area contributed by atoms with Gasteiger partial charge in [-0.3, -0.25) is 9.59 Å². The van der Waals surface area contributed by atoms with E-state index in [4.69, 9.17) is 4.74 Å². The van der Waals surface area contributed by atoms with Crippen LogP contribution in [0.25, 0.3) is 11.4 Å². The van der Waals surface area contributed by atoms with Crippen LogP contribution >= 0.6 is 0 Å². The van der Waals surface area contributed by atoms with Crippen LogP contribution in [-0.2, 0) is 9.59 Å². The number of aliphatic hydroxyl groups is 1. The zero-order valence-corrected chi connectivity index (χ0v) is 20.2. The smallest absolute Gasteiger partial charge is 0.295 e. The summed E-state index contributed by atoms with van der Waals surface area (Å²) < 4.78 is 7.42. The van der Waals surface area contributed by atoms with E-state index in [1.807, 2.05) is 86.8 Å². The molecule has 3 heterocycles. The highest BCUT2D eigenvalue weighted by molar-refractivity contribution is 6.46. The van der Waals surface area contributed by atoms with E-state index in [-0.39, 0.29) is 11.3 Å². The number of rotatable bonds is 7. The number of fused-ring (bicyclic) bond motifs is 1. The van der Waals surface area contributed by atoms with Gasteiger partial charge < -0.3 is 24.0 Å². The molecule has 0 bridgehead atoms. The average Bonchev–Trinajstić information content (AvgIpc) is 3.28. The van der Waals surface area contributed by atoms with E-state index in [1.165, 1.54) is 4.90 Å². The molecule has 1 aliphatic heterocycles. The number of amides is 1. The van der Waals surface area contributed by atoms with Gasteiger partial charge in [0.05, 0.1) is 23.9 Å². The fraction of sp³-hybridized carbons (Fsp3) is 0.346. The second kappa shape index (κ2) is 9.30. The summed E-state index contributed by atoms with van der Waals surface area (Å²) in [5.74, 6) is -0.892. The molecule has 1 saturated heterocycles. The molecule has 1 aromatic carbocycles. The molecule has 4 rings (SSSR count). The molecule has 1 aliphatic rings. The van der Waals surface area contributed by atoms with Crippen LogP contribution in [0.5, 0.6) is 5.75 Å². The van der Waals surface area contributed by atoms with Crippen molar-refractivity contribution < 1.29 is 19.4 Å². The van der Waals surface area contributed by atoms with Gasteiger partial charge in [0.15, 0.2) is 5.76 Å². The third-order valence-electron chi connectivity index (χ3n) is 6.14. The lowest BCUT2D eigenvalue weighted by molar-refractivity contribution is -0.140. The van der Waals surface area contributed by atoms with E-state index in [9.17, 15) is 14.7 Å². The van der Waals surface area contributed by atoms with Crippen LogP contribution < -0.4 is 4.74 Å². The second-order valence-electron chi connectivity index (χ2n) is 8.73. The van der Waals surface area contributed by atoms with Crippen LogP contribution in [-0.4, -0.2) is 69.8 Å². The normalized spacial score (nSPS) is 17.8. The number of likely N-dealkylation sites (N-methyl/N-ethyl adjacent to an activating group) is 1. The Kier molecular flexibility index (Phi) is 6.43. The van der Waals surface area contributed by atoms with Gasteiger partial charge >= 0.3 is 0 Å². The molecule has 8 heteroatoms. The van der Waals surface area contributed by atoms with E-state index in [0.29, 0.717) is 42.5 Å². The van der Waals surface area contributed by atoms with Crippen molar-refractivity contribution >= 4 is 23.1 Å². The molecule has 1 amide bonds. The highest BCUT2D eigenvalue weighted by atomic mass is 16.5. The minimum Gasteiger partial charge on any atom is -0.505 e. The predicted octanol–water partition coefficient (Wildman–Crippen LogP) is 3.33. The third-order valence-corrected chi connectivity index (χ3v) is 6.14. The summed E-state index contributed by atoms with van der Waals surface area (Å²) in [6, 6.07) is 10.4. The molecule has 0 spiro atoms. The number of aliphatic hydroxyl groups excluding tert-OH is 1. The Morgan fingerprint density at radius 1 is 1.15 bits per heavy atom. The lowest BCUT2D eigenvalue weighted by Gasteiger charge is -2.26. The van der Waals surface area contributed by atoms with Gasteiger partial charge in [-0.15, -0.1) is 0 Å². The molecule has 3 aromatic rings. The summed E-state index contributed by atoms with van der Waals surface area (Å²) in [6.45, 7) is 7.13. The molecular weight excluding hydrogens is 432 g/mol. The van der Waals surface area contributed by atoms with Crippen molar-refractivity contribution in [2.24, 2.45) is 0 Å². The van der Waals surface area contributed by atoms with Crippen molar-refractivity contribution in [3.05, 3.63) is 70.7 Å². The minimum absolute atomic E-state index is 0.0528. The van der Waals surface area contributed by atoms with Crippen LogP contribution in [0.15, 0.2) is 48.2 Å². The van der Waals surface area contributed by atoms with Crippen LogP contribution in [0.2, 0.25) is 0 Å². The van der Waals surface area contributed by atoms with Gasteiger partial charge in [-0.2, -0.15) is 0 Å². The molecule has 0 radical (unpaired) electrons. The Morgan fingerprint density at radius 3 is 2.47 bits per heavy atom. The molecule has 0 aliphatic carbocycles. The maximum atomic E-state index is 13.2. The van der Waals surface area contributed by atoms with Crippen molar-refractivity contribution in [2.75, 3.05) is 33.8 Å². The number of carbonyl (C=O) groups excluding carboxylic acids is 2. The van der Waals surface area contributed by atoms with Crippen molar-refractivity contribution in [3.63, 3.8) is 0 Å². The van der Waals surface area contributed by atoms with Gasteiger partial charge in [-0.05, 0) is 64.2 Å². The zero-order valence-electron chi connectivity index (χ0n) is 20.2. The molecule has 0 saturated carbocycles. The molecule has 1 N–H and O–H groups in total. The van der Waals surface area contributed by atoms with E-state index in [2.05, 4.69) is 4.98 Å². The fourth-order valence-corrected chi connectivity index (χ4v) is 4.35. The molecule has 8 nitrogen and oxygen atoms in total. The number of pyridine rings is 1. The van der Waals surface area contributed by atoms with E-state index in [0.717, 1.165) is 11.1 Å². The van der Waals surface area contributed by atoms with Gasteiger partial charge in [0.2, 0.25) is 0 Å². The number of ketones is 1. The number of benzene rings is 1. The van der Waals surface area contributed by atoms with Crippen molar-refractivity contribution in [3.8, 4) is 5.75 Å². The molecule has 178 valence electrons. The summed E-state index contributed by atoms with van der Waals surface area (Å²) in [5.41, 5.74) is 3.41. The van der Waals surface area contributed by atoms with Gasteiger partial charge in [0.25, 0.3) is 11.7 Å². The number of aromatic nitrogens is 2. The monoisotopic (exact) mass is 462 g/mol. The molecule has 1 unspecified atom stereocenters. The van der Waals surface area contributed by atoms with E-state index < -0.39 is 17.7 Å². The molecule has 1 fully saturated rings. The number of hydrogen-bond acceptors (Lipinski definition) is 6. The Morgan fingerprint density at radius 2 is 1.85 bits per heavy atom. The largest absolute Gasteiger partial charge is 0.505 e. The van der Waals surface area contributed by atoms with Crippen LogP contribution in [0.1, 0.15) is 35.5 Å². The number of imidazole rings is 1. The van der Waals surface area contributed by atoms with Crippen molar-refractivity contribution in [1.29, 1.82) is 0 Å². The van der Waals surface area contributed by atoms with Crippen LogP contribution in [0, 0.1) is 13.8 Å². The number of Topliss-reactive ketones (excluding diaryl/α,β-unsaturated/α-hetero) is 1. The van der Waals surface area contributed by atoms with Gasteiger partial charge in [0, 0.05) is 19.3 Å². The average molecular weight is 463 g/mol. The molecule has 1 atom stereocenters. The molecule has 34 heavy (non-hydrogen) atoms. The molecule has 2 aromatic heterocycles. The summed E-state index contributed by atoms with van der Waals surface area (Å²) in [7, 11) is 3.82. The second-order valence-corrected chi connectivity index (χ2v) is 8.73. The predicted molar refractivity (Wildman–Crippen MR) is 130 cm³/mol. The number of hydrogen-bond donors (Lipinski definition) is 1. The zero-order chi connectivity index (χ0) is 24.6. The Balaban J connectivity index is 1.88. The Bertz CT molecular complexity index is 1270. The van der Waals surface area contributed by atoms with Gasteiger partial charge in [-0.1, -0.05) is 18.2 Å². The lowest BCUT2D eigenvalue weighted by Crippen LogP contribution is -2.35. The van der Waals surface area contributed by atoms with Crippen molar-refractivity contribution in [1.82, 2.24) is 19.2 Å². The summed E-state index contributed by atoms with van der Waals surface area (Å²) in [4.78, 5) is 34.4. The van der Waals surface area contributed by atoms with E-state index in [1.54, 1.807) is 0 Å². The summed E-state index contributed by atoms with van der Waals surface area (Å²) in [5, 5.41) is 11.4. The first-order chi connectivity index (χ1) is 16.2. The molecular formula is C26H30N4O4. The Hall–Kier alpha value is -3.65. The number of likely N-dealkylation sites (tertiary alicyclic amines) is 1. The summed E-state index contributed by atoms with van der Waals surface area (Å²) >= 11 is 0. The van der Waals surface area contributed by atoms with Crippen molar-refractivity contribution in [2.45, 2.75) is 26.8 Å². The maximum Gasteiger partial charge on any atom is 0.295 e. The Labute approximate surface area is 199 Å². The highest BCUT2D eigenvalue weighted by Crippen LogP contribution is 2.40. The van der Waals surface area contributed by atoms with E-state index >= 15 is 0 Å². The summed E-state index contributed by atoms with van der Waals surface area (Å²) in [6.07, 6.45) is 1.86. The number of aryl methyl sites for hydroxylation is 2. The maximum absolute atomic E-state index is 13.2. The quantitative estimate of drug-likeness (QED) is 0.329. The fourth-order valence-electron chi connectivity index (χ4n) is 4.35. The van der Waals surface area contributed by atoms with Gasteiger partial charge in [-0.25, -0.2) is 4.98 Å². The highest BCUT2D eigenvalue weighted by Gasteiger charge is 2.46. The lowest BCUT2D eigenvalue weighted by atomic mass is 9.96. The SMILES string of the molecule is CCOc1ccc(C2/C(=C(\O)c3nc4c(C)cccn4c3C)C(=O)C(=O)N2CCN(C)C)cc1. The number of carbonyl (C=O) groups is 2. The standard InChI is InChI=1S/C26H30N4O4/c1-6-34-19-11-9-18(10-12-19)22-20(24(32)26(33)30(22)15-14-28(4)5)23(31)21-17(3)29-13-7-8-16(2)25(29)27-21/h7-13,22,31H,6,14-15H2,1-5H3/b23-20+. The topological polar surface area (TPSA) is 87.4 Å².